The normalized spacial score (nSPS) is 24.3. The van der Waals surface area contributed by atoms with Crippen LogP contribution in [0.25, 0.3) is 0 Å². The topological polar surface area (TPSA) is 32.3 Å². The first kappa shape index (κ1) is 19.4. The first-order valence-electron chi connectivity index (χ1n) is 10.1. The zero-order valence-electron chi connectivity index (χ0n) is 15.9. The van der Waals surface area contributed by atoms with Gasteiger partial charge in [-0.1, -0.05) is 35.9 Å². The molecule has 0 radical (unpaired) electrons. The molecule has 2 aromatic carbocycles. The van der Waals surface area contributed by atoms with Gasteiger partial charge in [0.2, 0.25) is 5.91 Å². The molecule has 1 amide bonds. The van der Waals surface area contributed by atoms with Gasteiger partial charge in [0, 0.05) is 29.7 Å². The minimum absolute atomic E-state index is 0.0893. The molecule has 3 nitrogen and oxygen atoms in total. The molecule has 1 N–H and O–H groups in total. The van der Waals surface area contributed by atoms with E-state index in [9.17, 15) is 9.18 Å². The van der Waals surface area contributed by atoms with Gasteiger partial charge in [0.15, 0.2) is 0 Å². The average molecular weight is 401 g/mol. The summed E-state index contributed by atoms with van der Waals surface area (Å²) < 4.78 is 13.1. The molecule has 0 saturated carbocycles. The number of nitrogens with zero attached hydrogens (tertiary/aromatic N) is 1. The number of halogens is 2. The number of fused-ring (bicyclic) bond motifs is 2. The fraction of sp³-hybridized carbons (Fsp3) is 0.435. The van der Waals surface area contributed by atoms with Crippen LogP contribution in [0.3, 0.4) is 0 Å². The maximum atomic E-state index is 13.1. The Morgan fingerprint density at radius 2 is 1.61 bits per heavy atom. The fourth-order valence-electron chi connectivity index (χ4n) is 4.73. The van der Waals surface area contributed by atoms with E-state index in [0.29, 0.717) is 23.5 Å². The van der Waals surface area contributed by atoms with Crippen LogP contribution in [0.5, 0.6) is 0 Å². The van der Waals surface area contributed by atoms with Gasteiger partial charge in [0.25, 0.3) is 0 Å². The van der Waals surface area contributed by atoms with E-state index in [1.54, 1.807) is 0 Å². The Balaban J connectivity index is 1.27. The van der Waals surface area contributed by atoms with Crippen molar-refractivity contribution in [3.05, 3.63) is 70.5 Å². The van der Waals surface area contributed by atoms with E-state index < -0.39 is 0 Å². The maximum Gasteiger partial charge on any atom is 0.224 e. The Morgan fingerprint density at radius 1 is 1.00 bits per heavy atom. The number of hydrogen-bond donors (Lipinski definition) is 1. The van der Waals surface area contributed by atoms with Crippen LogP contribution in [0.4, 0.5) is 4.39 Å². The molecule has 148 valence electrons. The average Bonchev–Trinajstić information content (AvgIpc) is 2.91. The van der Waals surface area contributed by atoms with E-state index in [1.165, 1.54) is 30.5 Å². The number of benzene rings is 2. The van der Waals surface area contributed by atoms with Gasteiger partial charge in [-0.25, -0.2) is 4.39 Å². The molecule has 2 atom stereocenters. The number of hydrogen-bond acceptors (Lipinski definition) is 2. The maximum absolute atomic E-state index is 13.1. The first-order chi connectivity index (χ1) is 13.6. The molecule has 2 aliphatic rings. The zero-order chi connectivity index (χ0) is 19.5. The van der Waals surface area contributed by atoms with E-state index in [4.69, 9.17) is 11.6 Å². The smallest absolute Gasteiger partial charge is 0.224 e. The number of carbonyl (C=O) groups excluding carboxylic acids is 1. The number of carbonyl (C=O) groups is 1. The number of amides is 1. The minimum Gasteiger partial charge on any atom is -0.353 e. The lowest BCUT2D eigenvalue weighted by Gasteiger charge is -2.39. The lowest BCUT2D eigenvalue weighted by molar-refractivity contribution is -0.121. The van der Waals surface area contributed by atoms with Crippen LogP contribution >= 0.6 is 11.6 Å². The zero-order valence-corrected chi connectivity index (χ0v) is 16.7. The lowest BCUT2D eigenvalue weighted by atomic mass is 9.96. The molecule has 5 heteroatoms. The van der Waals surface area contributed by atoms with Crippen molar-refractivity contribution in [3.8, 4) is 0 Å². The standard InChI is InChI=1S/C23H26ClFN2O/c24-18-5-1-17(2-6-18)13-23(28)26-20-14-21-9-10-22(15-20)27(21)12-11-16-3-7-19(25)8-4-16/h1-8,20-22H,9-15H2,(H,26,28). The second-order valence-corrected chi connectivity index (χ2v) is 8.47. The molecule has 0 spiro atoms. The summed E-state index contributed by atoms with van der Waals surface area (Å²) in [7, 11) is 0. The molecule has 2 unspecified atom stereocenters. The van der Waals surface area contributed by atoms with Gasteiger partial charge in [-0.3, -0.25) is 9.69 Å². The molecule has 0 aliphatic carbocycles. The number of piperidine rings is 1. The van der Waals surface area contributed by atoms with Crippen LogP contribution < -0.4 is 5.32 Å². The predicted octanol–water partition coefficient (Wildman–Crippen LogP) is 4.38. The van der Waals surface area contributed by atoms with Crippen LogP contribution in [0.1, 0.15) is 36.8 Å². The van der Waals surface area contributed by atoms with Crippen LogP contribution in [0.2, 0.25) is 5.02 Å². The Morgan fingerprint density at radius 3 is 2.25 bits per heavy atom. The minimum atomic E-state index is -0.182. The van der Waals surface area contributed by atoms with Crippen LogP contribution in [-0.4, -0.2) is 35.5 Å². The van der Waals surface area contributed by atoms with E-state index in [0.717, 1.165) is 31.4 Å². The van der Waals surface area contributed by atoms with Crippen molar-refractivity contribution in [2.24, 2.45) is 0 Å². The largest absolute Gasteiger partial charge is 0.353 e. The number of rotatable bonds is 6. The van der Waals surface area contributed by atoms with Gasteiger partial charge >= 0.3 is 0 Å². The molecule has 2 heterocycles. The Hall–Kier alpha value is -1.91. The summed E-state index contributed by atoms with van der Waals surface area (Å²) in [5.41, 5.74) is 2.17. The van der Waals surface area contributed by atoms with Crippen molar-refractivity contribution in [1.82, 2.24) is 10.2 Å². The second-order valence-electron chi connectivity index (χ2n) is 8.04. The van der Waals surface area contributed by atoms with Crippen LogP contribution in [-0.2, 0) is 17.6 Å². The highest BCUT2D eigenvalue weighted by atomic mass is 35.5. The van der Waals surface area contributed by atoms with E-state index >= 15 is 0 Å². The van der Waals surface area contributed by atoms with Crippen LogP contribution in [0, 0.1) is 5.82 Å². The molecule has 0 aromatic heterocycles. The van der Waals surface area contributed by atoms with Gasteiger partial charge < -0.3 is 5.32 Å². The predicted molar refractivity (Wildman–Crippen MR) is 110 cm³/mol. The summed E-state index contributed by atoms with van der Waals surface area (Å²) in [6.07, 6.45) is 5.80. The van der Waals surface area contributed by atoms with Crippen molar-refractivity contribution < 1.29 is 9.18 Å². The van der Waals surface area contributed by atoms with Crippen molar-refractivity contribution in [1.29, 1.82) is 0 Å². The van der Waals surface area contributed by atoms with Crippen LogP contribution in [0.15, 0.2) is 48.5 Å². The van der Waals surface area contributed by atoms with Crippen molar-refractivity contribution in [2.75, 3.05) is 6.54 Å². The Labute approximate surface area is 170 Å². The third-order valence-corrected chi connectivity index (χ3v) is 6.35. The molecular weight excluding hydrogens is 375 g/mol. The van der Waals surface area contributed by atoms with Crippen molar-refractivity contribution >= 4 is 17.5 Å². The first-order valence-corrected chi connectivity index (χ1v) is 10.5. The van der Waals surface area contributed by atoms with Gasteiger partial charge in [-0.2, -0.15) is 0 Å². The molecule has 2 bridgehead atoms. The quantitative estimate of drug-likeness (QED) is 0.780. The van der Waals surface area contributed by atoms with Crippen molar-refractivity contribution in [3.63, 3.8) is 0 Å². The summed E-state index contributed by atoms with van der Waals surface area (Å²) in [6.45, 7) is 1.01. The Kier molecular flexibility index (Phi) is 5.98. The van der Waals surface area contributed by atoms with Gasteiger partial charge in [-0.05, 0) is 67.5 Å². The highest BCUT2D eigenvalue weighted by molar-refractivity contribution is 6.30. The van der Waals surface area contributed by atoms with Gasteiger partial charge in [0.05, 0.1) is 6.42 Å². The molecule has 2 fully saturated rings. The van der Waals surface area contributed by atoms with Crippen molar-refractivity contribution in [2.45, 2.75) is 56.7 Å². The van der Waals surface area contributed by atoms with Gasteiger partial charge in [0.1, 0.15) is 5.82 Å². The summed E-state index contributed by atoms with van der Waals surface area (Å²) in [4.78, 5) is 15.0. The summed E-state index contributed by atoms with van der Waals surface area (Å²) in [6, 6.07) is 15.6. The lowest BCUT2D eigenvalue weighted by Crippen LogP contribution is -2.51. The molecule has 4 rings (SSSR count). The highest BCUT2D eigenvalue weighted by Gasteiger charge is 2.40. The third kappa shape index (κ3) is 4.73. The fourth-order valence-corrected chi connectivity index (χ4v) is 4.86. The van der Waals surface area contributed by atoms with E-state index in [2.05, 4.69) is 10.2 Å². The SMILES string of the molecule is O=C(Cc1ccc(Cl)cc1)NC1CC2CCC(C1)N2CCc1ccc(F)cc1. The van der Waals surface area contributed by atoms with Gasteiger partial charge in [-0.15, -0.1) is 0 Å². The monoisotopic (exact) mass is 400 g/mol. The van der Waals surface area contributed by atoms with E-state index in [1.807, 2.05) is 36.4 Å². The molecule has 28 heavy (non-hydrogen) atoms. The molecular formula is C23H26ClFN2O. The summed E-state index contributed by atoms with van der Waals surface area (Å²) >= 11 is 5.91. The summed E-state index contributed by atoms with van der Waals surface area (Å²) in [5.74, 6) is -0.0922. The highest BCUT2D eigenvalue weighted by Crippen LogP contribution is 2.35. The van der Waals surface area contributed by atoms with E-state index in [-0.39, 0.29) is 17.8 Å². The Bertz CT molecular complexity index is 794. The number of nitrogens with one attached hydrogen (secondary N) is 1. The summed E-state index contributed by atoms with van der Waals surface area (Å²) in [5, 5.41) is 3.93. The molecule has 2 aliphatic heterocycles. The second kappa shape index (κ2) is 8.62. The third-order valence-electron chi connectivity index (χ3n) is 6.10. The molecule has 2 saturated heterocycles. The molecule has 2 aromatic rings.